The maximum absolute atomic E-state index is 4.37. The molecule has 0 aliphatic carbocycles. The lowest BCUT2D eigenvalue weighted by atomic mass is 9.86. The molecule has 0 bridgehead atoms. The maximum Gasteiger partial charge on any atom is 0.0950 e. The third-order valence-corrected chi connectivity index (χ3v) is 4.51. The first-order chi connectivity index (χ1) is 8.17. The van der Waals surface area contributed by atoms with Crippen LogP contribution in [0.1, 0.15) is 38.4 Å². The standard InChI is InChI=1S/C13H23N3S/c1-11(4-7-17-3)16-10-15-8-12(16)13(2)5-6-14-9-13/h8,10-11,14H,4-7,9H2,1-3H3. The molecule has 0 amide bonds. The van der Waals surface area contributed by atoms with Gasteiger partial charge in [-0.3, -0.25) is 0 Å². The van der Waals surface area contributed by atoms with Crippen LogP contribution >= 0.6 is 11.8 Å². The number of aromatic nitrogens is 2. The summed E-state index contributed by atoms with van der Waals surface area (Å²) in [4.78, 5) is 4.37. The van der Waals surface area contributed by atoms with E-state index in [9.17, 15) is 0 Å². The fourth-order valence-corrected chi connectivity index (χ4v) is 3.16. The first-order valence-corrected chi connectivity index (χ1v) is 7.79. The lowest BCUT2D eigenvalue weighted by molar-refractivity contribution is 0.432. The fourth-order valence-electron chi connectivity index (χ4n) is 2.59. The van der Waals surface area contributed by atoms with Crippen LogP contribution in [0.25, 0.3) is 0 Å². The minimum absolute atomic E-state index is 0.268. The van der Waals surface area contributed by atoms with E-state index < -0.39 is 0 Å². The summed E-state index contributed by atoms with van der Waals surface area (Å²) in [5.41, 5.74) is 1.67. The van der Waals surface area contributed by atoms with E-state index in [2.05, 4.69) is 41.2 Å². The van der Waals surface area contributed by atoms with Gasteiger partial charge in [0, 0.05) is 29.9 Å². The molecule has 1 N–H and O–H groups in total. The molecule has 0 spiro atoms. The van der Waals surface area contributed by atoms with Gasteiger partial charge in [0.25, 0.3) is 0 Å². The van der Waals surface area contributed by atoms with Gasteiger partial charge >= 0.3 is 0 Å². The second-order valence-corrected chi connectivity index (χ2v) is 6.29. The first-order valence-electron chi connectivity index (χ1n) is 6.39. The van der Waals surface area contributed by atoms with Gasteiger partial charge in [0.1, 0.15) is 0 Å². The van der Waals surface area contributed by atoms with Crippen LogP contribution in [-0.4, -0.2) is 34.6 Å². The normalized spacial score (nSPS) is 26.3. The van der Waals surface area contributed by atoms with E-state index in [0.717, 1.165) is 13.1 Å². The second kappa shape index (κ2) is 5.44. The van der Waals surface area contributed by atoms with E-state index in [4.69, 9.17) is 0 Å². The minimum atomic E-state index is 0.268. The van der Waals surface area contributed by atoms with Crippen molar-refractivity contribution < 1.29 is 0 Å². The van der Waals surface area contributed by atoms with E-state index in [1.54, 1.807) is 0 Å². The summed E-state index contributed by atoms with van der Waals surface area (Å²) < 4.78 is 2.38. The molecule has 17 heavy (non-hydrogen) atoms. The van der Waals surface area contributed by atoms with Crippen molar-refractivity contribution in [2.24, 2.45) is 0 Å². The van der Waals surface area contributed by atoms with Gasteiger partial charge in [0.2, 0.25) is 0 Å². The SMILES string of the molecule is CSCCC(C)n1cncc1C1(C)CCNC1. The summed E-state index contributed by atoms with van der Waals surface area (Å²) in [5, 5.41) is 3.47. The lowest BCUT2D eigenvalue weighted by Gasteiger charge is -2.27. The first kappa shape index (κ1) is 13.0. The van der Waals surface area contributed by atoms with Gasteiger partial charge < -0.3 is 9.88 Å². The Hall–Kier alpha value is -0.480. The van der Waals surface area contributed by atoms with Crippen molar-refractivity contribution in [2.45, 2.75) is 38.1 Å². The summed E-state index contributed by atoms with van der Waals surface area (Å²) in [6.07, 6.45) is 8.66. The molecular weight excluding hydrogens is 230 g/mol. The zero-order valence-electron chi connectivity index (χ0n) is 11.1. The van der Waals surface area contributed by atoms with Crippen molar-refractivity contribution in [3.8, 4) is 0 Å². The van der Waals surface area contributed by atoms with Crippen LogP contribution in [0.5, 0.6) is 0 Å². The van der Waals surface area contributed by atoms with Crippen molar-refractivity contribution >= 4 is 11.8 Å². The van der Waals surface area contributed by atoms with Crippen molar-refractivity contribution in [1.29, 1.82) is 0 Å². The van der Waals surface area contributed by atoms with Gasteiger partial charge in [0.15, 0.2) is 0 Å². The molecule has 1 aromatic rings. The second-order valence-electron chi connectivity index (χ2n) is 5.30. The summed E-state index contributed by atoms with van der Waals surface area (Å²) in [6, 6.07) is 0.553. The lowest BCUT2D eigenvalue weighted by Crippen LogP contribution is -2.28. The van der Waals surface area contributed by atoms with Gasteiger partial charge in [-0.15, -0.1) is 0 Å². The Bertz CT molecular complexity index is 355. The quantitative estimate of drug-likeness (QED) is 0.874. The van der Waals surface area contributed by atoms with Crippen LogP contribution in [0.4, 0.5) is 0 Å². The van der Waals surface area contributed by atoms with Crippen molar-refractivity contribution in [2.75, 3.05) is 25.1 Å². The van der Waals surface area contributed by atoms with E-state index in [0.29, 0.717) is 6.04 Å². The number of imidazole rings is 1. The predicted octanol–water partition coefficient (Wildman–Crippen LogP) is 2.45. The van der Waals surface area contributed by atoms with E-state index in [1.807, 2.05) is 18.1 Å². The topological polar surface area (TPSA) is 29.9 Å². The van der Waals surface area contributed by atoms with Crippen LogP contribution in [0.3, 0.4) is 0 Å². The minimum Gasteiger partial charge on any atom is -0.331 e. The van der Waals surface area contributed by atoms with Gasteiger partial charge in [-0.1, -0.05) is 6.92 Å². The number of hydrogen-bond acceptors (Lipinski definition) is 3. The van der Waals surface area contributed by atoms with E-state index in [1.165, 1.54) is 24.3 Å². The molecule has 1 fully saturated rings. The number of hydrogen-bond donors (Lipinski definition) is 1. The molecule has 96 valence electrons. The number of nitrogens with one attached hydrogen (secondary N) is 1. The molecule has 2 unspecified atom stereocenters. The molecule has 1 aliphatic rings. The molecular formula is C13H23N3S. The average Bonchev–Trinajstić information content (AvgIpc) is 2.94. The molecule has 4 heteroatoms. The molecule has 0 radical (unpaired) electrons. The van der Waals surface area contributed by atoms with Crippen LogP contribution in [0.2, 0.25) is 0 Å². The van der Waals surface area contributed by atoms with E-state index in [-0.39, 0.29) is 5.41 Å². The molecule has 1 aromatic heterocycles. The molecule has 2 heterocycles. The highest BCUT2D eigenvalue weighted by Crippen LogP contribution is 2.32. The molecule has 2 rings (SSSR count). The van der Waals surface area contributed by atoms with E-state index >= 15 is 0 Å². The Balaban J connectivity index is 2.16. The van der Waals surface area contributed by atoms with Crippen LogP contribution in [0.15, 0.2) is 12.5 Å². The van der Waals surface area contributed by atoms with Gasteiger partial charge in [-0.05, 0) is 38.3 Å². The Morgan fingerprint density at radius 1 is 1.65 bits per heavy atom. The summed E-state index contributed by atoms with van der Waals surface area (Å²) in [6.45, 7) is 6.85. The molecule has 0 saturated carbocycles. The molecule has 0 aromatic carbocycles. The number of nitrogens with zero attached hydrogens (tertiary/aromatic N) is 2. The molecule has 1 saturated heterocycles. The zero-order chi connectivity index (χ0) is 12.3. The monoisotopic (exact) mass is 253 g/mol. The summed E-state index contributed by atoms with van der Waals surface area (Å²) >= 11 is 1.92. The average molecular weight is 253 g/mol. The van der Waals surface area contributed by atoms with Crippen molar-refractivity contribution in [3.63, 3.8) is 0 Å². The van der Waals surface area contributed by atoms with Crippen molar-refractivity contribution in [1.82, 2.24) is 14.9 Å². The van der Waals surface area contributed by atoms with Gasteiger partial charge in [-0.2, -0.15) is 11.8 Å². The van der Waals surface area contributed by atoms with Crippen LogP contribution in [0, 0.1) is 0 Å². The smallest absolute Gasteiger partial charge is 0.0950 e. The Kier molecular flexibility index (Phi) is 4.15. The molecule has 1 aliphatic heterocycles. The van der Waals surface area contributed by atoms with Gasteiger partial charge in [0.05, 0.1) is 6.33 Å². The highest BCUT2D eigenvalue weighted by Gasteiger charge is 2.33. The highest BCUT2D eigenvalue weighted by molar-refractivity contribution is 7.98. The summed E-state index contributed by atoms with van der Waals surface area (Å²) in [7, 11) is 0. The van der Waals surface area contributed by atoms with Crippen LogP contribution in [-0.2, 0) is 5.41 Å². The van der Waals surface area contributed by atoms with Gasteiger partial charge in [-0.25, -0.2) is 4.98 Å². The molecule has 2 atom stereocenters. The molecule has 3 nitrogen and oxygen atoms in total. The predicted molar refractivity (Wildman–Crippen MR) is 74.8 cm³/mol. The Labute approximate surface area is 108 Å². The largest absolute Gasteiger partial charge is 0.331 e. The Morgan fingerprint density at radius 3 is 3.12 bits per heavy atom. The fraction of sp³-hybridized carbons (Fsp3) is 0.769. The third kappa shape index (κ3) is 2.68. The zero-order valence-corrected chi connectivity index (χ0v) is 11.9. The Morgan fingerprint density at radius 2 is 2.47 bits per heavy atom. The third-order valence-electron chi connectivity index (χ3n) is 3.87. The maximum atomic E-state index is 4.37. The summed E-state index contributed by atoms with van der Waals surface area (Å²) in [5.74, 6) is 1.22. The number of thioether (sulfide) groups is 1. The highest BCUT2D eigenvalue weighted by atomic mass is 32.2. The van der Waals surface area contributed by atoms with Crippen molar-refractivity contribution in [3.05, 3.63) is 18.2 Å². The number of rotatable bonds is 5. The van der Waals surface area contributed by atoms with Crippen LogP contribution < -0.4 is 5.32 Å².